The van der Waals surface area contributed by atoms with Gasteiger partial charge in [0.1, 0.15) is 0 Å². The Morgan fingerprint density at radius 2 is 2.11 bits per heavy atom. The second kappa shape index (κ2) is 5.64. The molecule has 19 heavy (non-hydrogen) atoms. The van der Waals surface area contributed by atoms with Gasteiger partial charge in [0.05, 0.1) is 0 Å². The Morgan fingerprint density at radius 3 is 2.68 bits per heavy atom. The third kappa shape index (κ3) is 2.75. The largest absolute Gasteiger partial charge is 0.479 e. The molecule has 0 radical (unpaired) electrons. The van der Waals surface area contributed by atoms with Gasteiger partial charge in [-0.3, -0.25) is 0 Å². The number of carbonyl (C=O) groups is 1. The molecule has 1 aliphatic rings. The van der Waals surface area contributed by atoms with Crippen molar-refractivity contribution >= 4 is 5.97 Å². The third-order valence-electron chi connectivity index (χ3n) is 4.00. The first kappa shape index (κ1) is 13.9. The number of aliphatic carboxylic acids is 1. The summed E-state index contributed by atoms with van der Waals surface area (Å²) >= 11 is 0. The zero-order valence-electron chi connectivity index (χ0n) is 11.5. The minimum Gasteiger partial charge on any atom is -0.479 e. The summed E-state index contributed by atoms with van der Waals surface area (Å²) in [6, 6.07) is 0. The van der Waals surface area contributed by atoms with Crippen molar-refractivity contribution in [2.45, 2.75) is 45.1 Å². The Bertz CT molecular complexity index is 441. The van der Waals surface area contributed by atoms with Crippen LogP contribution in [-0.4, -0.2) is 55.8 Å². The lowest BCUT2D eigenvalue weighted by Crippen LogP contribution is -2.40. The van der Waals surface area contributed by atoms with Crippen LogP contribution in [0.5, 0.6) is 0 Å². The molecule has 0 bridgehead atoms. The van der Waals surface area contributed by atoms with Crippen molar-refractivity contribution in [3.63, 3.8) is 0 Å². The molecule has 0 spiro atoms. The molecule has 1 N–H and O–H groups in total. The van der Waals surface area contributed by atoms with Crippen LogP contribution in [0.1, 0.15) is 38.9 Å². The van der Waals surface area contributed by atoms with Gasteiger partial charge in [-0.15, -0.1) is 5.10 Å². The molecule has 1 fully saturated rings. The second-order valence-corrected chi connectivity index (χ2v) is 5.24. The first-order valence-electron chi connectivity index (χ1n) is 6.81. The number of aromatic nitrogens is 4. The van der Waals surface area contributed by atoms with Crippen molar-refractivity contribution in [2.75, 3.05) is 19.6 Å². The van der Waals surface area contributed by atoms with E-state index in [9.17, 15) is 9.90 Å². The molecule has 0 saturated carbocycles. The van der Waals surface area contributed by atoms with Crippen LogP contribution < -0.4 is 0 Å². The van der Waals surface area contributed by atoms with Crippen LogP contribution in [0, 0.1) is 0 Å². The van der Waals surface area contributed by atoms with Crippen LogP contribution in [-0.2, 0) is 16.8 Å². The van der Waals surface area contributed by atoms with Gasteiger partial charge >= 0.3 is 5.97 Å². The number of carboxylic acids is 1. The van der Waals surface area contributed by atoms with Crippen molar-refractivity contribution in [3.05, 3.63) is 5.82 Å². The third-order valence-corrected chi connectivity index (χ3v) is 4.00. The average Bonchev–Trinajstić information content (AvgIpc) is 3.06. The first-order valence-corrected chi connectivity index (χ1v) is 6.81. The van der Waals surface area contributed by atoms with E-state index in [1.54, 1.807) is 6.92 Å². The second-order valence-electron chi connectivity index (χ2n) is 5.24. The van der Waals surface area contributed by atoms with E-state index in [1.807, 2.05) is 6.92 Å². The van der Waals surface area contributed by atoms with Crippen molar-refractivity contribution < 1.29 is 9.90 Å². The highest BCUT2D eigenvalue weighted by Crippen LogP contribution is 2.21. The highest BCUT2D eigenvalue weighted by molar-refractivity contribution is 5.76. The number of carboxylic acid groups (broad SMARTS) is 1. The Morgan fingerprint density at radius 1 is 1.42 bits per heavy atom. The lowest BCUT2D eigenvalue weighted by Gasteiger charge is -2.24. The molecule has 0 aromatic carbocycles. The van der Waals surface area contributed by atoms with Gasteiger partial charge in [0.2, 0.25) is 0 Å². The molecule has 0 amide bonds. The van der Waals surface area contributed by atoms with Gasteiger partial charge in [0.15, 0.2) is 11.4 Å². The monoisotopic (exact) mass is 267 g/mol. The molecule has 1 atom stereocenters. The number of rotatable bonds is 6. The van der Waals surface area contributed by atoms with Gasteiger partial charge in [-0.05, 0) is 49.7 Å². The Hall–Kier alpha value is -1.50. The van der Waals surface area contributed by atoms with E-state index < -0.39 is 11.5 Å². The molecule has 7 heteroatoms. The Kier molecular flexibility index (Phi) is 4.14. The maximum absolute atomic E-state index is 11.4. The molecular weight excluding hydrogens is 246 g/mol. The molecule has 2 rings (SSSR count). The van der Waals surface area contributed by atoms with Crippen LogP contribution in [0.25, 0.3) is 0 Å². The maximum atomic E-state index is 11.4. The number of hydrogen-bond acceptors (Lipinski definition) is 5. The molecule has 1 aliphatic heterocycles. The highest BCUT2D eigenvalue weighted by Gasteiger charge is 2.36. The van der Waals surface area contributed by atoms with Crippen LogP contribution in [0.2, 0.25) is 0 Å². The average molecular weight is 267 g/mol. The fraction of sp³-hybridized carbons (Fsp3) is 0.833. The topological polar surface area (TPSA) is 84.1 Å². The summed E-state index contributed by atoms with van der Waals surface area (Å²) < 4.78 is 1.46. The van der Waals surface area contributed by atoms with Crippen LogP contribution in [0.4, 0.5) is 0 Å². The van der Waals surface area contributed by atoms with Gasteiger partial charge in [-0.1, -0.05) is 6.92 Å². The van der Waals surface area contributed by atoms with Gasteiger partial charge in [0, 0.05) is 13.0 Å². The summed E-state index contributed by atoms with van der Waals surface area (Å²) in [6.07, 6.45) is 3.62. The van der Waals surface area contributed by atoms with Gasteiger partial charge in [0.25, 0.3) is 0 Å². The lowest BCUT2D eigenvalue weighted by atomic mass is 9.99. The van der Waals surface area contributed by atoms with Crippen molar-refractivity contribution in [1.82, 2.24) is 25.1 Å². The molecule has 1 unspecified atom stereocenters. The molecule has 1 aromatic rings. The predicted molar refractivity (Wildman–Crippen MR) is 68.8 cm³/mol. The summed E-state index contributed by atoms with van der Waals surface area (Å²) in [5.74, 6) is -0.247. The first-order chi connectivity index (χ1) is 9.08. The van der Waals surface area contributed by atoms with Crippen molar-refractivity contribution in [2.24, 2.45) is 0 Å². The van der Waals surface area contributed by atoms with Gasteiger partial charge in [-0.25, -0.2) is 9.48 Å². The summed E-state index contributed by atoms with van der Waals surface area (Å²) in [5.41, 5.74) is -1.07. The van der Waals surface area contributed by atoms with E-state index in [-0.39, 0.29) is 0 Å². The molecule has 106 valence electrons. The fourth-order valence-corrected chi connectivity index (χ4v) is 2.40. The minimum absolute atomic E-state index is 0.448. The Balaban J connectivity index is 2.10. The van der Waals surface area contributed by atoms with E-state index in [0.29, 0.717) is 18.7 Å². The summed E-state index contributed by atoms with van der Waals surface area (Å²) in [6.45, 7) is 6.61. The fourth-order valence-electron chi connectivity index (χ4n) is 2.40. The van der Waals surface area contributed by atoms with Gasteiger partial charge < -0.3 is 10.0 Å². The zero-order chi connectivity index (χ0) is 13.9. The van der Waals surface area contributed by atoms with Crippen LogP contribution >= 0.6 is 0 Å². The number of tetrazole rings is 1. The molecular formula is C12H21N5O2. The van der Waals surface area contributed by atoms with Crippen LogP contribution in [0.15, 0.2) is 0 Å². The van der Waals surface area contributed by atoms with Crippen molar-refractivity contribution in [3.8, 4) is 0 Å². The van der Waals surface area contributed by atoms with E-state index in [0.717, 1.165) is 19.6 Å². The van der Waals surface area contributed by atoms with Crippen LogP contribution in [0.3, 0.4) is 0 Å². The molecule has 1 saturated heterocycles. The van der Waals surface area contributed by atoms with E-state index >= 15 is 0 Å². The Labute approximate surface area is 112 Å². The standard InChI is InChI=1S/C12H21N5O2/c1-3-12(2,11(18)19)17-10(13-14-15-17)6-9-16-7-4-5-8-16/h3-9H2,1-2H3,(H,18,19). The van der Waals surface area contributed by atoms with Crippen molar-refractivity contribution in [1.29, 1.82) is 0 Å². The normalized spacial score (nSPS) is 19.5. The maximum Gasteiger partial charge on any atom is 0.331 e. The summed E-state index contributed by atoms with van der Waals surface area (Å²) in [7, 11) is 0. The van der Waals surface area contributed by atoms with E-state index in [1.165, 1.54) is 17.5 Å². The molecule has 0 aliphatic carbocycles. The molecule has 1 aromatic heterocycles. The number of nitrogens with zero attached hydrogens (tertiary/aromatic N) is 5. The minimum atomic E-state index is -1.07. The molecule has 2 heterocycles. The van der Waals surface area contributed by atoms with Gasteiger partial charge in [-0.2, -0.15) is 0 Å². The SMILES string of the molecule is CCC(C)(C(=O)O)n1nnnc1CCN1CCCC1. The zero-order valence-corrected chi connectivity index (χ0v) is 11.5. The number of hydrogen-bond donors (Lipinski definition) is 1. The van der Waals surface area contributed by atoms with E-state index in [4.69, 9.17) is 0 Å². The summed E-state index contributed by atoms with van der Waals surface area (Å²) in [5, 5.41) is 20.9. The van der Waals surface area contributed by atoms with E-state index in [2.05, 4.69) is 20.4 Å². The quantitative estimate of drug-likeness (QED) is 0.809. The number of likely N-dealkylation sites (tertiary alicyclic amines) is 1. The molecule has 7 nitrogen and oxygen atoms in total. The lowest BCUT2D eigenvalue weighted by molar-refractivity contribution is -0.147. The predicted octanol–water partition coefficient (Wildman–Crippen LogP) is 0.521. The summed E-state index contributed by atoms with van der Waals surface area (Å²) in [4.78, 5) is 13.8. The highest BCUT2D eigenvalue weighted by atomic mass is 16.4. The smallest absolute Gasteiger partial charge is 0.331 e.